The molecule has 0 bridgehead atoms. The zero-order chi connectivity index (χ0) is 8.32. The first-order chi connectivity index (χ1) is 5.08. The van der Waals surface area contributed by atoms with Crippen molar-refractivity contribution in [2.45, 2.75) is 6.42 Å². The maximum Gasteiger partial charge on any atom is 0.264 e. The number of hydrogen-bond acceptors (Lipinski definition) is 2. The van der Waals surface area contributed by atoms with Gasteiger partial charge in [0, 0.05) is 0 Å². The van der Waals surface area contributed by atoms with Crippen molar-refractivity contribution in [3.8, 4) is 0 Å². The van der Waals surface area contributed by atoms with Gasteiger partial charge in [0.05, 0.1) is 5.75 Å². The van der Waals surface area contributed by atoms with Gasteiger partial charge in [-0.3, -0.25) is 4.55 Å². The predicted octanol–water partition coefficient (Wildman–Crippen LogP) is 1.01. The summed E-state index contributed by atoms with van der Waals surface area (Å²) < 4.78 is 29.0. The van der Waals surface area contributed by atoms with Gasteiger partial charge >= 0.3 is 0 Å². The van der Waals surface area contributed by atoms with Crippen LogP contribution in [0.15, 0.2) is 24.3 Å². The molecule has 1 aliphatic rings. The standard InChI is InChI=1S/C7H10O3S/c8-11(9,10)6-5-7-3-1-2-4-7/h1-4,7H,5-6H2,(H,8,9,10). The van der Waals surface area contributed by atoms with E-state index in [0.29, 0.717) is 6.42 Å². The van der Waals surface area contributed by atoms with E-state index in [1.807, 2.05) is 24.3 Å². The van der Waals surface area contributed by atoms with Crippen LogP contribution in [0, 0.1) is 5.92 Å². The van der Waals surface area contributed by atoms with Gasteiger partial charge in [0.15, 0.2) is 0 Å². The molecule has 62 valence electrons. The van der Waals surface area contributed by atoms with Gasteiger partial charge in [-0.1, -0.05) is 24.3 Å². The number of rotatable bonds is 3. The van der Waals surface area contributed by atoms with Crippen LogP contribution in [0.4, 0.5) is 0 Å². The van der Waals surface area contributed by atoms with Crippen molar-refractivity contribution in [1.29, 1.82) is 0 Å². The summed E-state index contributed by atoms with van der Waals surface area (Å²) in [5.41, 5.74) is 0. The predicted molar refractivity (Wildman–Crippen MR) is 42.8 cm³/mol. The zero-order valence-electron chi connectivity index (χ0n) is 5.97. The molecule has 1 N–H and O–H groups in total. The van der Waals surface area contributed by atoms with Crippen LogP contribution in [0.3, 0.4) is 0 Å². The van der Waals surface area contributed by atoms with Crippen LogP contribution in [0.25, 0.3) is 0 Å². The molecule has 0 aliphatic heterocycles. The number of allylic oxidation sites excluding steroid dienone is 4. The van der Waals surface area contributed by atoms with E-state index in [9.17, 15) is 8.42 Å². The average molecular weight is 174 g/mol. The van der Waals surface area contributed by atoms with Gasteiger partial charge in [-0.15, -0.1) is 0 Å². The molecule has 0 unspecified atom stereocenters. The molecule has 0 radical (unpaired) electrons. The first-order valence-corrected chi connectivity index (χ1v) is 4.99. The summed E-state index contributed by atoms with van der Waals surface area (Å²) in [4.78, 5) is 0. The highest BCUT2D eigenvalue weighted by molar-refractivity contribution is 7.85. The van der Waals surface area contributed by atoms with E-state index < -0.39 is 10.1 Å². The molecule has 0 heterocycles. The Bertz CT molecular complexity index is 262. The van der Waals surface area contributed by atoms with Gasteiger partial charge in [0.2, 0.25) is 0 Å². The van der Waals surface area contributed by atoms with Gasteiger partial charge in [0.25, 0.3) is 10.1 Å². The molecule has 0 aromatic carbocycles. The molecule has 0 atom stereocenters. The maximum absolute atomic E-state index is 10.3. The van der Waals surface area contributed by atoms with Crippen LogP contribution in [-0.2, 0) is 10.1 Å². The largest absolute Gasteiger partial charge is 0.286 e. The molecule has 1 rings (SSSR count). The Morgan fingerprint density at radius 1 is 1.27 bits per heavy atom. The third kappa shape index (κ3) is 3.34. The normalized spacial score (nSPS) is 17.9. The molecule has 0 spiro atoms. The lowest BCUT2D eigenvalue weighted by Gasteiger charge is -2.01. The van der Waals surface area contributed by atoms with Crippen molar-refractivity contribution in [2.24, 2.45) is 5.92 Å². The number of hydrogen-bond donors (Lipinski definition) is 1. The Labute approximate surface area is 66.2 Å². The summed E-state index contributed by atoms with van der Waals surface area (Å²) in [5, 5.41) is 0. The molecule has 11 heavy (non-hydrogen) atoms. The summed E-state index contributed by atoms with van der Waals surface area (Å²) in [6, 6.07) is 0. The van der Waals surface area contributed by atoms with E-state index >= 15 is 0 Å². The van der Waals surface area contributed by atoms with Crippen LogP contribution in [-0.4, -0.2) is 18.7 Å². The van der Waals surface area contributed by atoms with E-state index in [4.69, 9.17) is 4.55 Å². The highest BCUT2D eigenvalue weighted by Gasteiger charge is 2.09. The minimum absolute atomic E-state index is 0.160. The SMILES string of the molecule is O=S(=O)(O)CCC1C=CC=C1. The van der Waals surface area contributed by atoms with Gasteiger partial charge in [-0.25, -0.2) is 0 Å². The van der Waals surface area contributed by atoms with Crippen LogP contribution >= 0.6 is 0 Å². The lowest BCUT2D eigenvalue weighted by Crippen LogP contribution is -2.06. The molecular weight excluding hydrogens is 164 g/mol. The molecule has 0 saturated heterocycles. The first kappa shape index (κ1) is 8.49. The fourth-order valence-electron chi connectivity index (χ4n) is 0.955. The van der Waals surface area contributed by atoms with Crippen molar-refractivity contribution in [3.63, 3.8) is 0 Å². The van der Waals surface area contributed by atoms with Crippen molar-refractivity contribution in [3.05, 3.63) is 24.3 Å². The summed E-state index contributed by atoms with van der Waals surface area (Å²) in [6.07, 6.45) is 8.02. The lowest BCUT2D eigenvalue weighted by atomic mass is 10.1. The van der Waals surface area contributed by atoms with E-state index in [2.05, 4.69) is 0 Å². The second-order valence-corrected chi connectivity index (χ2v) is 4.08. The van der Waals surface area contributed by atoms with Gasteiger partial charge in [-0.05, 0) is 12.3 Å². The smallest absolute Gasteiger partial charge is 0.264 e. The van der Waals surface area contributed by atoms with Crippen molar-refractivity contribution in [2.75, 3.05) is 5.75 Å². The molecule has 0 aromatic heterocycles. The second kappa shape index (κ2) is 3.19. The fraction of sp³-hybridized carbons (Fsp3) is 0.429. The Morgan fingerprint density at radius 3 is 2.27 bits per heavy atom. The van der Waals surface area contributed by atoms with E-state index in [1.54, 1.807) is 0 Å². The second-order valence-electron chi connectivity index (χ2n) is 2.51. The Morgan fingerprint density at radius 2 is 1.82 bits per heavy atom. The molecular formula is C7H10O3S. The molecule has 1 aliphatic carbocycles. The van der Waals surface area contributed by atoms with Crippen molar-refractivity contribution in [1.82, 2.24) is 0 Å². The maximum atomic E-state index is 10.3. The van der Waals surface area contributed by atoms with Crippen molar-refractivity contribution < 1.29 is 13.0 Å². The third-order valence-electron chi connectivity index (χ3n) is 1.54. The highest BCUT2D eigenvalue weighted by atomic mass is 32.2. The minimum Gasteiger partial charge on any atom is -0.286 e. The molecule has 3 nitrogen and oxygen atoms in total. The Hall–Kier alpha value is -0.610. The van der Waals surface area contributed by atoms with Crippen molar-refractivity contribution >= 4 is 10.1 Å². The monoisotopic (exact) mass is 174 g/mol. The average Bonchev–Trinajstić information content (AvgIpc) is 2.32. The van der Waals surface area contributed by atoms with Gasteiger partial charge < -0.3 is 0 Å². The Balaban J connectivity index is 2.34. The molecule has 0 aromatic rings. The zero-order valence-corrected chi connectivity index (χ0v) is 6.79. The topological polar surface area (TPSA) is 54.4 Å². The van der Waals surface area contributed by atoms with Crippen LogP contribution in [0.2, 0.25) is 0 Å². The third-order valence-corrected chi connectivity index (χ3v) is 2.29. The van der Waals surface area contributed by atoms with E-state index in [0.717, 1.165) is 0 Å². The minimum atomic E-state index is -3.78. The summed E-state index contributed by atoms with van der Waals surface area (Å²) in [6.45, 7) is 0. The molecule has 0 saturated carbocycles. The quantitative estimate of drug-likeness (QED) is 0.649. The van der Waals surface area contributed by atoms with Gasteiger partial charge in [-0.2, -0.15) is 8.42 Å². The highest BCUT2D eigenvalue weighted by Crippen LogP contribution is 2.13. The van der Waals surface area contributed by atoms with Gasteiger partial charge in [0.1, 0.15) is 0 Å². The van der Waals surface area contributed by atoms with Crippen LogP contribution in [0.5, 0.6) is 0 Å². The fourth-order valence-corrected chi connectivity index (χ4v) is 1.53. The Kier molecular flexibility index (Phi) is 2.46. The lowest BCUT2D eigenvalue weighted by molar-refractivity contribution is 0.479. The molecule has 4 heteroatoms. The van der Waals surface area contributed by atoms with Crippen LogP contribution in [0.1, 0.15) is 6.42 Å². The van der Waals surface area contributed by atoms with Crippen LogP contribution < -0.4 is 0 Å². The van der Waals surface area contributed by atoms with E-state index in [1.165, 1.54) is 0 Å². The summed E-state index contributed by atoms with van der Waals surface area (Å²) >= 11 is 0. The molecule has 0 amide bonds. The summed E-state index contributed by atoms with van der Waals surface area (Å²) in [7, 11) is -3.78. The first-order valence-electron chi connectivity index (χ1n) is 3.38. The summed E-state index contributed by atoms with van der Waals surface area (Å²) in [5.74, 6) is 0.0173. The molecule has 0 fully saturated rings. The van der Waals surface area contributed by atoms with E-state index in [-0.39, 0.29) is 11.7 Å².